The summed E-state index contributed by atoms with van der Waals surface area (Å²) in [5, 5.41) is 2.99. The molecule has 0 aromatic heterocycles. The number of nitrogens with one attached hydrogen (secondary N) is 1. The number of halogens is 1. The van der Waals surface area contributed by atoms with Crippen LogP contribution in [-0.4, -0.2) is 17.8 Å². The Morgan fingerprint density at radius 3 is 2.75 bits per heavy atom. The van der Waals surface area contributed by atoms with Crippen LogP contribution in [0.25, 0.3) is 0 Å². The molecule has 0 heterocycles. The number of hydrogen-bond donors (Lipinski definition) is 1. The van der Waals surface area contributed by atoms with E-state index in [9.17, 15) is 4.79 Å². The topological polar surface area (TPSA) is 29.1 Å². The third kappa shape index (κ3) is 1.45. The van der Waals surface area contributed by atoms with Gasteiger partial charge in [0.15, 0.2) is 0 Å². The van der Waals surface area contributed by atoms with Crippen molar-refractivity contribution in [1.82, 2.24) is 5.32 Å². The largest absolute Gasteiger partial charge is 0.352 e. The maximum Gasteiger partial charge on any atom is 0.235 e. The minimum atomic E-state index is -0.00535. The number of fused-ring (bicyclic) bond motifs is 2. The quantitative estimate of drug-likeness (QED) is 0.653. The third-order valence-electron chi connectivity index (χ3n) is 3.21. The summed E-state index contributed by atoms with van der Waals surface area (Å²) in [5.41, 5.74) is 0. The summed E-state index contributed by atoms with van der Waals surface area (Å²) >= 11 is 5.42. The molecule has 0 unspecified atom stereocenters. The van der Waals surface area contributed by atoms with Gasteiger partial charge in [0.05, 0.1) is 0 Å². The molecule has 0 aromatic carbocycles. The molecule has 12 heavy (non-hydrogen) atoms. The molecule has 0 saturated heterocycles. The Morgan fingerprint density at radius 2 is 2.25 bits per heavy atom. The highest BCUT2D eigenvalue weighted by Gasteiger charge is 2.39. The van der Waals surface area contributed by atoms with E-state index < -0.39 is 0 Å². The normalized spacial score (nSPS) is 38.6. The SMILES string of the molecule is O=C(CCl)N[C@@H]1C[C@@H]2CC[C@@H]1C2. The molecule has 3 atom stereocenters. The fraction of sp³-hybridized carbons (Fsp3) is 0.889. The lowest BCUT2D eigenvalue weighted by Crippen LogP contribution is -2.39. The van der Waals surface area contributed by atoms with Crippen molar-refractivity contribution in [3.05, 3.63) is 0 Å². The maximum atomic E-state index is 11.0. The monoisotopic (exact) mass is 187 g/mol. The van der Waals surface area contributed by atoms with Crippen molar-refractivity contribution in [3.63, 3.8) is 0 Å². The van der Waals surface area contributed by atoms with Crippen LogP contribution in [-0.2, 0) is 4.79 Å². The lowest BCUT2D eigenvalue weighted by molar-refractivity contribution is -0.119. The number of carbonyl (C=O) groups excluding carboxylic acids is 1. The number of rotatable bonds is 2. The molecule has 0 spiro atoms. The highest BCUT2D eigenvalue weighted by molar-refractivity contribution is 6.27. The van der Waals surface area contributed by atoms with Gasteiger partial charge in [-0.15, -0.1) is 11.6 Å². The third-order valence-corrected chi connectivity index (χ3v) is 3.45. The minimum absolute atomic E-state index is 0.00535. The number of carbonyl (C=O) groups is 1. The van der Waals surface area contributed by atoms with Crippen LogP contribution in [0, 0.1) is 11.8 Å². The molecule has 2 nitrogen and oxygen atoms in total. The summed E-state index contributed by atoms with van der Waals surface area (Å²) in [6, 6.07) is 0.440. The molecule has 2 fully saturated rings. The number of alkyl halides is 1. The van der Waals surface area contributed by atoms with Crippen molar-refractivity contribution < 1.29 is 4.79 Å². The van der Waals surface area contributed by atoms with Crippen LogP contribution in [0.5, 0.6) is 0 Å². The van der Waals surface area contributed by atoms with Gasteiger partial charge in [-0.3, -0.25) is 4.79 Å². The van der Waals surface area contributed by atoms with Crippen molar-refractivity contribution >= 4 is 17.5 Å². The Kier molecular flexibility index (Phi) is 2.26. The standard InChI is InChI=1S/C9H14ClNO/c10-5-9(12)11-8-4-6-1-2-7(8)3-6/h6-8H,1-5H2,(H,11,12)/t6-,7-,8-/m1/s1. The second-order valence-electron chi connectivity index (χ2n) is 3.98. The predicted octanol–water partition coefficient (Wildman–Crippen LogP) is 1.53. The van der Waals surface area contributed by atoms with Gasteiger partial charge >= 0.3 is 0 Å². The molecule has 2 aliphatic carbocycles. The zero-order valence-corrected chi connectivity index (χ0v) is 7.81. The Balaban J connectivity index is 1.86. The molecule has 1 amide bonds. The van der Waals surface area contributed by atoms with E-state index in [-0.39, 0.29) is 11.8 Å². The Bertz CT molecular complexity index is 195. The van der Waals surface area contributed by atoms with E-state index in [0.717, 1.165) is 11.8 Å². The van der Waals surface area contributed by atoms with Gasteiger partial charge in [0, 0.05) is 6.04 Å². The van der Waals surface area contributed by atoms with E-state index in [1.807, 2.05) is 0 Å². The molecule has 2 aliphatic rings. The first kappa shape index (κ1) is 8.36. The Labute approximate surface area is 77.7 Å². The summed E-state index contributed by atoms with van der Waals surface area (Å²) < 4.78 is 0. The molecule has 0 aromatic rings. The van der Waals surface area contributed by atoms with Crippen molar-refractivity contribution in [2.75, 3.05) is 5.88 Å². The smallest absolute Gasteiger partial charge is 0.235 e. The minimum Gasteiger partial charge on any atom is -0.352 e. The zero-order valence-electron chi connectivity index (χ0n) is 7.05. The summed E-state index contributed by atoms with van der Waals surface area (Å²) in [6.07, 6.45) is 5.19. The van der Waals surface area contributed by atoms with Gasteiger partial charge in [-0.05, 0) is 31.1 Å². The van der Waals surface area contributed by atoms with E-state index in [0.29, 0.717) is 6.04 Å². The van der Waals surface area contributed by atoms with Gasteiger partial charge in [0.2, 0.25) is 5.91 Å². The average Bonchev–Trinajstić information content (AvgIpc) is 2.64. The predicted molar refractivity (Wildman–Crippen MR) is 48.1 cm³/mol. The van der Waals surface area contributed by atoms with Crippen molar-refractivity contribution in [2.24, 2.45) is 11.8 Å². The summed E-state index contributed by atoms with van der Waals surface area (Å²) in [5.74, 6) is 1.74. The zero-order chi connectivity index (χ0) is 8.55. The van der Waals surface area contributed by atoms with Gasteiger partial charge < -0.3 is 5.32 Å². The Morgan fingerprint density at radius 1 is 1.42 bits per heavy atom. The Hall–Kier alpha value is -0.240. The highest BCUT2D eigenvalue weighted by atomic mass is 35.5. The van der Waals surface area contributed by atoms with Gasteiger partial charge in [-0.2, -0.15) is 0 Å². The lowest BCUT2D eigenvalue weighted by Gasteiger charge is -2.22. The molecule has 3 heteroatoms. The van der Waals surface area contributed by atoms with Crippen LogP contribution in [0.1, 0.15) is 25.7 Å². The van der Waals surface area contributed by atoms with Crippen LogP contribution >= 0.6 is 11.6 Å². The second kappa shape index (κ2) is 3.25. The fourth-order valence-electron chi connectivity index (χ4n) is 2.67. The van der Waals surface area contributed by atoms with E-state index >= 15 is 0 Å². The molecule has 2 bridgehead atoms. The number of amides is 1. The molecule has 68 valence electrons. The molecular formula is C9H14ClNO. The van der Waals surface area contributed by atoms with E-state index in [1.54, 1.807) is 0 Å². The van der Waals surface area contributed by atoms with Gasteiger partial charge in [0.1, 0.15) is 5.88 Å². The second-order valence-corrected chi connectivity index (χ2v) is 4.25. The van der Waals surface area contributed by atoms with Crippen LogP contribution in [0.4, 0.5) is 0 Å². The first-order valence-corrected chi connectivity index (χ1v) is 5.18. The summed E-state index contributed by atoms with van der Waals surface area (Å²) in [7, 11) is 0. The van der Waals surface area contributed by atoms with E-state index in [1.165, 1.54) is 25.7 Å². The van der Waals surface area contributed by atoms with E-state index in [4.69, 9.17) is 11.6 Å². The van der Waals surface area contributed by atoms with Crippen molar-refractivity contribution in [1.29, 1.82) is 0 Å². The molecule has 0 radical (unpaired) electrons. The molecule has 1 N–H and O–H groups in total. The molecule has 2 rings (SSSR count). The van der Waals surface area contributed by atoms with Crippen molar-refractivity contribution in [3.8, 4) is 0 Å². The first-order valence-electron chi connectivity index (χ1n) is 4.65. The van der Waals surface area contributed by atoms with Crippen molar-refractivity contribution in [2.45, 2.75) is 31.7 Å². The van der Waals surface area contributed by atoms with Gasteiger partial charge in [-0.25, -0.2) is 0 Å². The van der Waals surface area contributed by atoms with Crippen LogP contribution < -0.4 is 5.32 Å². The average molecular weight is 188 g/mol. The molecular weight excluding hydrogens is 174 g/mol. The van der Waals surface area contributed by atoms with Crippen LogP contribution in [0.2, 0.25) is 0 Å². The van der Waals surface area contributed by atoms with Crippen LogP contribution in [0.3, 0.4) is 0 Å². The maximum absolute atomic E-state index is 11.0. The highest BCUT2D eigenvalue weighted by Crippen LogP contribution is 2.44. The van der Waals surface area contributed by atoms with Crippen LogP contribution in [0.15, 0.2) is 0 Å². The summed E-state index contributed by atoms with van der Waals surface area (Å²) in [6.45, 7) is 0. The lowest BCUT2D eigenvalue weighted by atomic mass is 9.95. The molecule has 0 aliphatic heterocycles. The fourth-order valence-corrected chi connectivity index (χ4v) is 2.74. The molecule has 2 saturated carbocycles. The van der Waals surface area contributed by atoms with Gasteiger partial charge in [-0.1, -0.05) is 6.42 Å². The van der Waals surface area contributed by atoms with E-state index in [2.05, 4.69) is 5.32 Å². The van der Waals surface area contributed by atoms with Gasteiger partial charge in [0.25, 0.3) is 0 Å². The number of hydrogen-bond acceptors (Lipinski definition) is 1. The summed E-state index contributed by atoms with van der Waals surface area (Å²) in [4.78, 5) is 11.0. The first-order chi connectivity index (χ1) is 5.79.